The Balaban J connectivity index is 1.72. The fourth-order valence-electron chi connectivity index (χ4n) is 2.92. The monoisotopic (exact) mass is 565 g/mol. The van der Waals surface area contributed by atoms with E-state index in [0.717, 1.165) is 5.56 Å². The summed E-state index contributed by atoms with van der Waals surface area (Å²) >= 11 is 15.6. The number of aryl methyl sites for hydroxylation is 1. The van der Waals surface area contributed by atoms with Gasteiger partial charge in [-0.2, -0.15) is 5.10 Å². The summed E-state index contributed by atoms with van der Waals surface area (Å²) in [6.07, 6.45) is 1.41. The number of hydrazone groups is 1. The minimum Gasteiger partial charge on any atom is -0.493 e. The van der Waals surface area contributed by atoms with Crippen LogP contribution in [0.4, 0.5) is 5.69 Å². The number of rotatable bonds is 8. The molecule has 0 heterocycles. The fourth-order valence-corrected chi connectivity index (χ4v) is 3.96. The van der Waals surface area contributed by atoms with Gasteiger partial charge in [0.2, 0.25) is 0 Å². The van der Waals surface area contributed by atoms with E-state index in [2.05, 4.69) is 26.5 Å². The summed E-state index contributed by atoms with van der Waals surface area (Å²) < 4.78 is 11.9. The summed E-state index contributed by atoms with van der Waals surface area (Å²) in [6, 6.07) is 12.7. The van der Waals surface area contributed by atoms with Crippen LogP contribution in [0.3, 0.4) is 0 Å². The first-order valence-corrected chi connectivity index (χ1v) is 11.3. The van der Waals surface area contributed by atoms with E-state index in [9.17, 15) is 14.9 Å². The minimum absolute atomic E-state index is 0.123. The molecule has 0 fully saturated rings. The summed E-state index contributed by atoms with van der Waals surface area (Å²) in [5.41, 5.74) is 4.16. The first-order chi connectivity index (χ1) is 16.2. The molecule has 0 saturated heterocycles. The van der Waals surface area contributed by atoms with Crippen LogP contribution in [0.5, 0.6) is 11.5 Å². The van der Waals surface area contributed by atoms with Crippen LogP contribution in [-0.2, 0) is 6.61 Å². The number of nitro benzene ring substituents is 1. The van der Waals surface area contributed by atoms with E-state index in [1.54, 1.807) is 37.3 Å². The summed E-state index contributed by atoms with van der Waals surface area (Å²) in [7, 11) is 1.50. The second-order valence-corrected chi connectivity index (χ2v) is 8.71. The Bertz CT molecular complexity index is 1280. The van der Waals surface area contributed by atoms with Crippen molar-refractivity contribution in [2.45, 2.75) is 13.5 Å². The van der Waals surface area contributed by atoms with Crippen molar-refractivity contribution in [1.29, 1.82) is 0 Å². The van der Waals surface area contributed by atoms with Crippen molar-refractivity contribution in [3.05, 3.63) is 95.4 Å². The van der Waals surface area contributed by atoms with Gasteiger partial charge in [-0.25, -0.2) is 5.43 Å². The highest BCUT2D eigenvalue weighted by molar-refractivity contribution is 9.10. The highest BCUT2D eigenvalue weighted by atomic mass is 79.9. The van der Waals surface area contributed by atoms with Crippen LogP contribution in [0.2, 0.25) is 10.0 Å². The Labute approximate surface area is 213 Å². The zero-order chi connectivity index (χ0) is 24.8. The molecule has 0 saturated carbocycles. The molecule has 0 aliphatic heterocycles. The molecule has 0 spiro atoms. The Morgan fingerprint density at radius 2 is 1.97 bits per heavy atom. The predicted molar refractivity (Wildman–Crippen MR) is 134 cm³/mol. The number of carbonyl (C=O) groups is 1. The molecule has 3 aromatic carbocycles. The van der Waals surface area contributed by atoms with Crippen molar-refractivity contribution in [3.8, 4) is 11.5 Å². The zero-order valence-corrected chi connectivity index (χ0v) is 21.1. The Kier molecular flexibility index (Phi) is 8.49. The molecular weight excluding hydrogens is 549 g/mol. The molecule has 0 aliphatic carbocycles. The third kappa shape index (κ3) is 6.25. The lowest BCUT2D eigenvalue weighted by Crippen LogP contribution is -2.17. The highest BCUT2D eigenvalue weighted by Crippen LogP contribution is 2.37. The second-order valence-electron chi connectivity index (χ2n) is 7.02. The summed E-state index contributed by atoms with van der Waals surface area (Å²) in [4.78, 5) is 22.9. The summed E-state index contributed by atoms with van der Waals surface area (Å²) in [6.45, 7) is 1.79. The van der Waals surface area contributed by atoms with Gasteiger partial charge in [0.25, 0.3) is 11.6 Å². The molecule has 0 aromatic heterocycles. The van der Waals surface area contributed by atoms with Crippen molar-refractivity contribution in [2.75, 3.05) is 7.11 Å². The van der Waals surface area contributed by atoms with Gasteiger partial charge >= 0.3 is 0 Å². The molecule has 1 N–H and O–H groups in total. The third-order valence-electron chi connectivity index (χ3n) is 4.69. The molecule has 0 atom stereocenters. The average molecular weight is 567 g/mol. The minimum atomic E-state index is -0.579. The van der Waals surface area contributed by atoms with Gasteiger partial charge in [-0.05, 0) is 58.7 Å². The Morgan fingerprint density at radius 1 is 1.21 bits per heavy atom. The van der Waals surface area contributed by atoms with Crippen molar-refractivity contribution in [3.63, 3.8) is 0 Å². The second kappa shape index (κ2) is 11.3. The number of nitrogens with zero attached hydrogens (tertiary/aromatic N) is 2. The topological polar surface area (TPSA) is 103 Å². The standard InChI is InChI=1S/C23H18BrCl2N3O5/c1-13-3-4-15(9-20(13)29(31)32)23(30)28-27-11-14-7-18(24)22(21(8-14)33-2)34-12-16-5-6-17(25)10-19(16)26/h3-11H,12H2,1-2H3,(H,28,30)/b27-11-. The van der Waals surface area contributed by atoms with Gasteiger partial charge in [-0.3, -0.25) is 14.9 Å². The van der Waals surface area contributed by atoms with Crippen molar-refractivity contribution in [2.24, 2.45) is 5.10 Å². The van der Waals surface area contributed by atoms with E-state index in [0.29, 0.717) is 37.1 Å². The lowest BCUT2D eigenvalue weighted by atomic mass is 10.1. The van der Waals surface area contributed by atoms with E-state index in [-0.39, 0.29) is 17.9 Å². The van der Waals surface area contributed by atoms with Crippen molar-refractivity contribution in [1.82, 2.24) is 5.43 Å². The number of ether oxygens (including phenoxy) is 2. The summed E-state index contributed by atoms with van der Waals surface area (Å²) in [5.74, 6) is 0.313. The lowest BCUT2D eigenvalue weighted by molar-refractivity contribution is -0.385. The fraction of sp³-hybridized carbons (Fsp3) is 0.130. The maximum absolute atomic E-state index is 12.3. The molecular formula is C23H18BrCl2N3O5. The lowest BCUT2D eigenvalue weighted by Gasteiger charge is -2.14. The van der Waals surface area contributed by atoms with E-state index >= 15 is 0 Å². The molecule has 176 valence electrons. The van der Waals surface area contributed by atoms with Gasteiger partial charge in [0.1, 0.15) is 6.61 Å². The normalized spacial score (nSPS) is 10.9. The van der Waals surface area contributed by atoms with Gasteiger partial charge in [-0.15, -0.1) is 0 Å². The van der Waals surface area contributed by atoms with Gasteiger partial charge in [-0.1, -0.05) is 35.3 Å². The number of hydrogen-bond donors (Lipinski definition) is 1. The van der Waals surface area contributed by atoms with Gasteiger partial charge < -0.3 is 9.47 Å². The largest absolute Gasteiger partial charge is 0.493 e. The smallest absolute Gasteiger partial charge is 0.273 e. The molecule has 11 heteroatoms. The molecule has 3 rings (SSSR count). The van der Waals surface area contributed by atoms with E-state index < -0.39 is 10.8 Å². The zero-order valence-electron chi connectivity index (χ0n) is 18.0. The van der Waals surface area contributed by atoms with Crippen LogP contribution in [0, 0.1) is 17.0 Å². The number of halogens is 3. The molecule has 1 amide bonds. The number of amides is 1. The number of methoxy groups -OCH3 is 1. The highest BCUT2D eigenvalue weighted by Gasteiger charge is 2.15. The predicted octanol–water partition coefficient (Wildman–Crippen LogP) is 6.32. The van der Waals surface area contributed by atoms with Crippen LogP contribution in [0.1, 0.15) is 27.0 Å². The molecule has 0 unspecified atom stereocenters. The van der Waals surface area contributed by atoms with Crippen LogP contribution >= 0.6 is 39.1 Å². The van der Waals surface area contributed by atoms with Crippen molar-refractivity contribution >= 4 is 56.9 Å². The van der Waals surface area contributed by atoms with Gasteiger partial charge in [0, 0.05) is 32.8 Å². The SMILES string of the molecule is COc1cc(/C=N\NC(=O)c2ccc(C)c([N+](=O)[O-])c2)cc(Br)c1OCc1ccc(Cl)cc1Cl. The quantitative estimate of drug-likeness (QED) is 0.195. The molecule has 8 nitrogen and oxygen atoms in total. The number of carbonyl (C=O) groups excluding carboxylic acids is 1. The van der Waals surface area contributed by atoms with E-state index in [1.165, 1.54) is 31.5 Å². The molecule has 34 heavy (non-hydrogen) atoms. The first kappa shape index (κ1) is 25.5. The first-order valence-electron chi connectivity index (χ1n) is 9.72. The number of nitrogens with one attached hydrogen (secondary N) is 1. The Morgan fingerprint density at radius 3 is 2.65 bits per heavy atom. The van der Waals surface area contributed by atoms with E-state index in [1.807, 2.05) is 0 Å². The molecule has 0 bridgehead atoms. The molecule has 0 radical (unpaired) electrons. The third-order valence-corrected chi connectivity index (χ3v) is 5.86. The maximum atomic E-state index is 12.3. The Hall–Kier alpha value is -3.14. The molecule has 3 aromatic rings. The number of hydrogen-bond acceptors (Lipinski definition) is 6. The number of benzene rings is 3. The van der Waals surface area contributed by atoms with Crippen LogP contribution in [0.15, 0.2) is 58.1 Å². The van der Waals surface area contributed by atoms with Crippen LogP contribution < -0.4 is 14.9 Å². The number of nitro groups is 1. The van der Waals surface area contributed by atoms with Crippen LogP contribution in [-0.4, -0.2) is 24.2 Å². The van der Waals surface area contributed by atoms with Gasteiger partial charge in [0.05, 0.1) is 22.7 Å². The van der Waals surface area contributed by atoms with Gasteiger partial charge in [0.15, 0.2) is 11.5 Å². The maximum Gasteiger partial charge on any atom is 0.273 e. The average Bonchev–Trinajstić information content (AvgIpc) is 2.79. The molecule has 0 aliphatic rings. The summed E-state index contributed by atoms with van der Waals surface area (Å²) in [5, 5.41) is 16.0. The van der Waals surface area contributed by atoms with Crippen molar-refractivity contribution < 1.29 is 19.2 Å². The van der Waals surface area contributed by atoms with E-state index in [4.69, 9.17) is 32.7 Å². The van der Waals surface area contributed by atoms with Crippen LogP contribution in [0.25, 0.3) is 0 Å².